The Morgan fingerprint density at radius 2 is 0.896 bits per heavy atom. The largest absolute Gasteiger partial charge is 0.480 e. The van der Waals surface area contributed by atoms with Crippen LogP contribution in [0, 0.1) is 0 Å². The van der Waals surface area contributed by atoms with Crippen molar-refractivity contribution in [2.75, 3.05) is 6.54 Å². The summed E-state index contributed by atoms with van der Waals surface area (Å²) in [6, 6.07) is -0.869. The van der Waals surface area contributed by atoms with E-state index in [0.29, 0.717) is 38.6 Å². The molecular weight excluding hydrogens is 600 g/mol. The van der Waals surface area contributed by atoms with Gasteiger partial charge in [0.05, 0.1) is 0 Å². The maximum atomic E-state index is 12.6. The van der Waals surface area contributed by atoms with E-state index >= 15 is 0 Å². The number of rotatable bonds is 38. The van der Waals surface area contributed by atoms with Gasteiger partial charge in [-0.05, 0) is 57.9 Å². The highest BCUT2D eigenvalue weighted by molar-refractivity contribution is 5.83. The monoisotopic (exact) mass is 681 g/mol. The zero-order valence-electron chi connectivity index (χ0n) is 31.9. The van der Waals surface area contributed by atoms with E-state index in [-0.39, 0.29) is 18.0 Å². The van der Waals surface area contributed by atoms with Crippen LogP contribution < -0.4 is 11.1 Å². The van der Waals surface area contributed by atoms with Gasteiger partial charge in [0.1, 0.15) is 12.1 Å². The molecule has 0 fully saturated rings. The number of aliphatic carboxylic acids is 1. The molecule has 0 aromatic heterocycles. The summed E-state index contributed by atoms with van der Waals surface area (Å²) in [5.41, 5.74) is 5.47. The highest BCUT2D eigenvalue weighted by atomic mass is 16.5. The molecule has 0 radical (unpaired) electrons. The minimum atomic E-state index is -1.01. The molecule has 2 unspecified atom stereocenters. The second-order valence-electron chi connectivity index (χ2n) is 14.4. The van der Waals surface area contributed by atoms with Crippen molar-refractivity contribution in [3.63, 3.8) is 0 Å². The van der Waals surface area contributed by atoms with Crippen LogP contribution in [-0.4, -0.2) is 41.6 Å². The number of carboxylic acids is 1. The first-order valence-electron chi connectivity index (χ1n) is 20.9. The highest BCUT2D eigenvalue weighted by Crippen LogP contribution is 2.18. The summed E-state index contributed by atoms with van der Waals surface area (Å²) in [6.45, 7) is 4.89. The molecule has 0 spiro atoms. The quantitative estimate of drug-likeness (QED) is 0.0441. The van der Waals surface area contributed by atoms with E-state index in [4.69, 9.17) is 10.5 Å². The Morgan fingerprint density at radius 1 is 0.521 bits per heavy atom. The normalized spacial score (nSPS) is 12.6. The molecule has 284 valence electrons. The fourth-order valence-electron chi connectivity index (χ4n) is 6.51. The van der Waals surface area contributed by atoms with E-state index in [1.807, 2.05) is 0 Å². The second kappa shape index (κ2) is 36.6. The predicted octanol–water partition coefficient (Wildman–Crippen LogP) is 11.3. The van der Waals surface area contributed by atoms with Crippen LogP contribution in [0.5, 0.6) is 0 Å². The predicted molar refractivity (Wildman–Crippen MR) is 202 cm³/mol. The van der Waals surface area contributed by atoms with Gasteiger partial charge in [-0.3, -0.25) is 9.59 Å². The molecule has 4 N–H and O–H groups in total. The van der Waals surface area contributed by atoms with Crippen molar-refractivity contribution in [3.05, 3.63) is 0 Å². The standard InChI is InChI=1S/C41H80N2O5/c1-3-5-7-9-10-11-12-13-14-15-16-17-18-19-20-21-22-23-24-29-35-40(45)48-37(31-26-8-6-4-2)32-27-25-28-34-39(44)43-38(41(46)47)33-30-36-42/h37-38H,3-36,42H2,1-2H3,(H,43,44)(H,46,47). The van der Waals surface area contributed by atoms with Crippen molar-refractivity contribution < 1.29 is 24.2 Å². The molecule has 0 aliphatic rings. The number of hydrogen-bond acceptors (Lipinski definition) is 5. The van der Waals surface area contributed by atoms with Crippen LogP contribution in [0.25, 0.3) is 0 Å². The first-order chi connectivity index (χ1) is 23.4. The number of nitrogens with one attached hydrogen (secondary N) is 1. The highest BCUT2D eigenvalue weighted by Gasteiger charge is 2.19. The summed E-state index contributed by atoms with van der Waals surface area (Å²) in [7, 11) is 0. The van der Waals surface area contributed by atoms with Gasteiger partial charge in [-0.2, -0.15) is 0 Å². The number of nitrogens with two attached hydrogens (primary N) is 1. The molecule has 7 nitrogen and oxygen atoms in total. The molecule has 0 aromatic rings. The third-order valence-corrected chi connectivity index (χ3v) is 9.67. The molecule has 0 aromatic carbocycles. The Balaban J connectivity index is 3.88. The molecule has 0 aliphatic carbocycles. The van der Waals surface area contributed by atoms with Crippen molar-refractivity contribution in [2.45, 2.75) is 238 Å². The lowest BCUT2D eigenvalue weighted by atomic mass is 10.0. The summed E-state index contributed by atoms with van der Waals surface area (Å²) >= 11 is 0. The molecule has 0 saturated heterocycles. The lowest BCUT2D eigenvalue weighted by Crippen LogP contribution is -2.40. The third-order valence-electron chi connectivity index (χ3n) is 9.67. The van der Waals surface area contributed by atoms with E-state index in [9.17, 15) is 19.5 Å². The number of carboxylic acid groups (broad SMARTS) is 1. The van der Waals surface area contributed by atoms with Crippen LogP contribution in [0.1, 0.15) is 226 Å². The van der Waals surface area contributed by atoms with Gasteiger partial charge in [0, 0.05) is 12.8 Å². The van der Waals surface area contributed by atoms with Gasteiger partial charge in [0.2, 0.25) is 5.91 Å². The molecular formula is C41H80N2O5. The number of carbonyl (C=O) groups excluding carboxylic acids is 2. The molecule has 0 aliphatic heterocycles. The third kappa shape index (κ3) is 32.9. The van der Waals surface area contributed by atoms with Gasteiger partial charge in [-0.25, -0.2) is 4.79 Å². The fourth-order valence-corrected chi connectivity index (χ4v) is 6.51. The lowest BCUT2D eigenvalue weighted by Gasteiger charge is -2.18. The fraction of sp³-hybridized carbons (Fsp3) is 0.927. The lowest BCUT2D eigenvalue weighted by molar-refractivity contribution is -0.150. The second-order valence-corrected chi connectivity index (χ2v) is 14.4. The summed E-state index contributed by atoms with van der Waals surface area (Å²) < 4.78 is 5.92. The van der Waals surface area contributed by atoms with E-state index in [2.05, 4.69) is 19.2 Å². The van der Waals surface area contributed by atoms with Crippen LogP contribution in [0.15, 0.2) is 0 Å². The van der Waals surface area contributed by atoms with Gasteiger partial charge in [0.15, 0.2) is 0 Å². The number of hydrogen-bond donors (Lipinski definition) is 3. The van der Waals surface area contributed by atoms with Crippen LogP contribution in [0.4, 0.5) is 0 Å². The summed E-state index contributed by atoms with van der Waals surface area (Å²) in [6.07, 6.45) is 37.5. The molecule has 0 saturated carbocycles. The van der Waals surface area contributed by atoms with Crippen molar-refractivity contribution in [3.8, 4) is 0 Å². The Hall–Kier alpha value is -1.63. The molecule has 0 heterocycles. The number of esters is 1. The zero-order valence-corrected chi connectivity index (χ0v) is 31.9. The first kappa shape index (κ1) is 46.4. The molecule has 7 heteroatoms. The Morgan fingerprint density at radius 3 is 1.31 bits per heavy atom. The maximum absolute atomic E-state index is 12.6. The molecule has 0 bridgehead atoms. The SMILES string of the molecule is CCCCCCCCCCCCCCCCCCCCCCC(=O)OC(CCCCCC)CCCCCC(=O)NC(CCCN)C(=O)O. The van der Waals surface area contributed by atoms with Gasteiger partial charge in [-0.15, -0.1) is 0 Å². The summed E-state index contributed by atoms with van der Waals surface area (Å²) in [5.74, 6) is -1.30. The number of carbonyl (C=O) groups is 3. The Labute approximate surface area is 297 Å². The van der Waals surface area contributed by atoms with Crippen molar-refractivity contribution in [1.29, 1.82) is 0 Å². The van der Waals surface area contributed by atoms with Gasteiger partial charge in [-0.1, -0.05) is 162 Å². The Kier molecular flexibility index (Phi) is 35.4. The van der Waals surface area contributed by atoms with Crippen LogP contribution in [0.3, 0.4) is 0 Å². The van der Waals surface area contributed by atoms with Gasteiger partial charge < -0.3 is 20.9 Å². The summed E-state index contributed by atoms with van der Waals surface area (Å²) in [4.78, 5) is 36.2. The zero-order chi connectivity index (χ0) is 35.3. The van der Waals surface area contributed by atoms with Gasteiger partial charge >= 0.3 is 11.9 Å². The van der Waals surface area contributed by atoms with Crippen LogP contribution >= 0.6 is 0 Å². The smallest absolute Gasteiger partial charge is 0.326 e. The van der Waals surface area contributed by atoms with Crippen molar-refractivity contribution in [2.24, 2.45) is 5.73 Å². The molecule has 48 heavy (non-hydrogen) atoms. The molecule has 1 amide bonds. The number of unbranched alkanes of at least 4 members (excludes halogenated alkanes) is 24. The molecule has 2 atom stereocenters. The summed E-state index contributed by atoms with van der Waals surface area (Å²) in [5, 5.41) is 11.9. The van der Waals surface area contributed by atoms with Crippen LogP contribution in [-0.2, 0) is 19.1 Å². The average Bonchev–Trinajstić information content (AvgIpc) is 3.07. The Bertz CT molecular complexity index is 732. The maximum Gasteiger partial charge on any atom is 0.326 e. The number of ether oxygens (including phenoxy) is 1. The average molecular weight is 681 g/mol. The first-order valence-corrected chi connectivity index (χ1v) is 20.9. The van der Waals surface area contributed by atoms with Gasteiger partial charge in [0.25, 0.3) is 0 Å². The van der Waals surface area contributed by atoms with E-state index < -0.39 is 12.0 Å². The minimum Gasteiger partial charge on any atom is -0.480 e. The number of amides is 1. The topological polar surface area (TPSA) is 119 Å². The minimum absolute atomic E-state index is 0.0408. The van der Waals surface area contributed by atoms with E-state index in [1.54, 1.807) is 0 Å². The molecule has 0 rings (SSSR count). The van der Waals surface area contributed by atoms with Crippen molar-refractivity contribution >= 4 is 17.8 Å². The van der Waals surface area contributed by atoms with E-state index in [0.717, 1.165) is 44.9 Å². The van der Waals surface area contributed by atoms with Crippen LogP contribution in [0.2, 0.25) is 0 Å². The van der Waals surface area contributed by atoms with E-state index in [1.165, 1.54) is 135 Å². The van der Waals surface area contributed by atoms with Crippen molar-refractivity contribution in [1.82, 2.24) is 5.32 Å².